The van der Waals surface area contributed by atoms with Crippen LogP contribution in [0.4, 0.5) is 0 Å². The van der Waals surface area contributed by atoms with Crippen LogP contribution in [-0.4, -0.2) is 74.7 Å². The van der Waals surface area contributed by atoms with Crippen LogP contribution in [0.2, 0.25) is 5.22 Å². The lowest BCUT2D eigenvalue weighted by Gasteiger charge is -2.28. The van der Waals surface area contributed by atoms with E-state index in [9.17, 15) is 4.79 Å². The molecule has 6 nitrogen and oxygen atoms in total. The van der Waals surface area contributed by atoms with Crippen molar-refractivity contribution in [3.63, 3.8) is 0 Å². The molecule has 2 fully saturated rings. The predicted molar refractivity (Wildman–Crippen MR) is 87.9 cm³/mol. The summed E-state index contributed by atoms with van der Waals surface area (Å²) >= 11 is 5.68. The number of likely N-dealkylation sites (tertiary alicyclic amines) is 1. The monoisotopic (exact) mass is 341 g/mol. The summed E-state index contributed by atoms with van der Waals surface area (Å²) in [6.45, 7) is 8.83. The zero-order valence-electron chi connectivity index (χ0n) is 13.3. The van der Waals surface area contributed by atoms with Gasteiger partial charge >= 0.3 is 0 Å². The lowest BCUT2D eigenvalue weighted by atomic mass is 10.1. The van der Waals surface area contributed by atoms with E-state index in [1.165, 1.54) is 0 Å². The number of nitrogens with one attached hydrogen (secondary N) is 1. The number of ether oxygens (including phenoxy) is 1. The minimum atomic E-state index is -0.191. The number of carbonyl (C=O) groups is 1. The van der Waals surface area contributed by atoms with E-state index >= 15 is 0 Å². The SMILES string of the molecule is O=C(NCC1CCN(CCN2CCOCC2)C1)c1ccc(Cl)o1. The molecule has 23 heavy (non-hydrogen) atoms. The maximum Gasteiger partial charge on any atom is 0.287 e. The molecule has 3 rings (SSSR count). The fourth-order valence-electron chi connectivity index (χ4n) is 3.15. The van der Waals surface area contributed by atoms with Crippen LogP contribution < -0.4 is 5.32 Å². The van der Waals surface area contributed by atoms with Gasteiger partial charge in [-0.05, 0) is 42.6 Å². The van der Waals surface area contributed by atoms with Crippen molar-refractivity contribution < 1.29 is 13.9 Å². The third-order valence-electron chi connectivity index (χ3n) is 4.55. The molecule has 0 radical (unpaired) electrons. The van der Waals surface area contributed by atoms with Crippen LogP contribution in [0.15, 0.2) is 16.5 Å². The van der Waals surface area contributed by atoms with E-state index in [2.05, 4.69) is 15.1 Å². The minimum absolute atomic E-state index is 0.191. The van der Waals surface area contributed by atoms with Gasteiger partial charge in [-0.3, -0.25) is 9.69 Å². The maximum absolute atomic E-state index is 11.9. The van der Waals surface area contributed by atoms with Gasteiger partial charge < -0.3 is 19.4 Å². The van der Waals surface area contributed by atoms with Gasteiger partial charge in [0.1, 0.15) is 0 Å². The number of halogens is 1. The number of carbonyl (C=O) groups excluding carboxylic acids is 1. The Kier molecular flexibility index (Phi) is 5.94. The first-order valence-corrected chi connectivity index (χ1v) is 8.64. The first kappa shape index (κ1) is 16.8. The lowest BCUT2D eigenvalue weighted by Crippen LogP contribution is -2.41. The summed E-state index contributed by atoms with van der Waals surface area (Å²) in [6, 6.07) is 3.18. The maximum atomic E-state index is 11.9. The molecule has 1 N–H and O–H groups in total. The second-order valence-corrected chi connectivity index (χ2v) is 6.60. The number of hydrogen-bond acceptors (Lipinski definition) is 5. The topological polar surface area (TPSA) is 58.0 Å². The molecular formula is C16H24ClN3O3. The number of amides is 1. The van der Waals surface area contributed by atoms with Crippen LogP contribution in [-0.2, 0) is 4.74 Å². The summed E-state index contributed by atoms with van der Waals surface area (Å²) in [5, 5.41) is 3.18. The van der Waals surface area contributed by atoms with Gasteiger partial charge in [-0.2, -0.15) is 0 Å². The van der Waals surface area contributed by atoms with Crippen LogP contribution in [0.25, 0.3) is 0 Å². The zero-order chi connectivity index (χ0) is 16.1. The number of rotatable bonds is 6. The molecule has 7 heteroatoms. The largest absolute Gasteiger partial charge is 0.440 e. The normalized spacial score (nSPS) is 23.3. The molecule has 1 unspecified atom stereocenters. The highest BCUT2D eigenvalue weighted by Crippen LogP contribution is 2.16. The van der Waals surface area contributed by atoms with Gasteiger partial charge in [0.25, 0.3) is 5.91 Å². The average molecular weight is 342 g/mol. The van der Waals surface area contributed by atoms with Gasteiger partial charge in [0.2, 0.25) is 0 Å². The Labute approximate surface area is 141 Å². The van der Waals surface area contributed by atoms with Crippen molar-refractivity contribution in [2.75, 3.05) is 59.0 Å². The van der Waals surface area contributed by atoms with E-state index < -0.39 is 0 Å². The van der Waals surface area contributed by atoms with Gasteiger partial charge in [-0.15, -0.1) is 0 Å². The molecule has 0 saturated carbocycles. The van der Waals surface area contributed by atoms with Crippen LogP contribution >= 0.6 is 11.6 Å². The molecule has 0 aromatic carbocycles. The molecule has 1 aromatic rings. The van der Waals surface area contributed by atoms with E-state index in [1.807, 2.05) is 0 Å². The summed E-state index contributed by atoms with van der Waals surface area (Å²) in [5.41, 5.74) is 0. The smallest absolute Gasteiger partial charge is 0.287 e. The standard InChI is InChI=1S/C16H24ClN3O3/c17-15-2-1-14(23-15)16(21)18-11-13-3-4-20(12-13)6-5-19-7-9-22-10-8-19/h1-2,13H,3-12H2,(H,18,21). The van der Waals surface area contributed by atoms with E-state index in [-0.39, 0.29) is 16.9 Å². The van der Waals surface area contributed by atoms with E-state index in [4.69, 9.17) is 20.8 Å². The molecule has 1 amide bonds. The zero-order valence-corrected chi connectivity index (χ0v) is 14.1. The first-order chi connectivity index (χ1) is 11.2. The average Bonchev–Trinajstić information content (AvgIpc) is 3.21. The van der Waals surface area contributed by atoms with Gasteiger partial charge in [0, 0.05) is 39.3 Å². The third-order valence-corrected chi connectivity index (χ3v) is 4.76. The van der Waals surface area contributed by atoms with E-state index in [0.29, 0.717) is 12.5 Å². The number of nitrogens with zero attached hydrogens (tertiary/aromatic N) is 2. The molecule has 3 heterocycles. The molecule has 1 atom stereocenters. The quantitative estimate of drug-likeness (QED) is 0.845. The summed E-state index contributed by atoms with van der Waals surface area (Å²) in [6.07, 6.45) is 1.13. The summed E-state index contributed by atoms with van der Waals surface area (Å²) in [4.78, 5) is 16.9. The third kappa shape index (κ3) is 4.94. The van der Waals surface area contributed by atoms with E-state index in [0.717, 1.165) is 58.9 Å². The van der Waals surface area contributed by atoms with Crippen molar-refractivity contribution >= 4 is 17.5 Å². The number of morpholine rings is 1. The highest BCUT2D eigenvalue weighted by molar-refractivity contribution is 6.29. The van der Waals surface area contributed by atoms with Crippen LogP contribution in [0, 0.1) is 5.92 Å². The summed E-state index contributed by atoms with van der Waals surface area (Å²) in [5.74, 6) is 0.593. The fraction of sp³-hybridized carbons (Fsp3) is 0.688. The first-order valence-electron chi connectivity index (χ1n) is 8.27. The van der Waals surface area contributed by atoms with Crippen LogP contribution in [0.3, 0.4) is 0 Å². The molecule has 1 aromatic heterocycles. The number of hydrogen-bond donors (Lipinski definition) is 1. The van der Waals surface area contributed by atoms with E-state index in [1.54, 1.807) is 12.1 Å². The molecule has 0 bridgehead atoms. The van der Waals surface area contributed by atoms with Gasteiger partial charge in [-0.25, -0.2) is 0 Å². The van der Waals surface area contributed by atoms with Crippen molar-refractivity contribution in [3.05, 3.63) is 23.1 Å². The second kappa shape index (κ2) is 8.15. The molecular weight excluding hydrogens is 318 g/mol. The van der Waals surface area contributed by atoms with Crippen LogP contribution in [0.5, 0.6) is 0 Å². The van der Waals surface area contributed by atoms with Crippen molar-refractivity contribution in [1.82, 2.24) is 15.1 Å². The Morgan fingerprint density at radius 2 is 2.00 bits per heavy atom. The molecule has 2 aliphatic rings. The molecule has 0 spiro atoms. The fourth-order valence-corrected chi connectivity index (χ4v) is 3.30. The van der Waals surface area contributed by atoms with Crippen molar-refractivity contribution in [2.45, 2.75) is 6.42 Å². The highest BCUT2D eigenvalue weighted by Gasteiger charge is 2.24. The van der Waals surface area contributed by atoms with Crippen molar-refractivity contribution in [2.24, 2.45) is 5.92 Å². The number of furan rings is 1. The van der Waals surface area contributed by atoms with Gasteiger partial charge in [-0.1, -0.05) is 0 Å². The summed E-state index contributed by atoms with van der Waals surface area (Å²) in [7, 11) is 0. The lowest BCUT2D eigenvalue weighted by molar-refractivity contribution is 0.0342. The minimum Gasteiger partial charge on any atom is -0.440 e. The van der Waals surface area contributed by atoms with Crippen molar-refractivity contribution in [1.29, 1.82) is 0 Å². The Morgan fingerprint density at radius 1 is 1.22 bits per heavy atom. The molecule has 0 aliphatic carbocycles. The Morgan fingerprint density at radius 3 is 2.74 bits per heavy atom. The second-order valence-electron chi connectivity index (χ2n) is 6.22. The highest BCUT2D eigenvalue weighted by atomic mass is 35.5. The van der Waals surface area contributed by atoms with Gasteiger partial charge in [0.05, 0.1) is 13.2 Å². The van der Waals surface area contributed by atoms with Gasteiger partial charge in [0.15, 0.2) is 11.0 Å². The molecule has 2 aliphatic heterocycles. The molecule has 2 saturated heterocycles. The Hall–Kier alpha value is -1.08. The Balaban J connectivity index is 1.34. The molecule has 128 valence electrons. The predicted octanol–water partition coefficient (Wildman–Crippen LogP) is 1.32. The summed E-state index contributed by atoms with van der Waals surface area (Å²) < 4.78 is 10.5. The van der Waals surface area contributed by atoms with Crippen LogP contribution in [0.1, 0.15) is 17.0 Å². The van der Waals surface area contributed by atoms with Crippen molar-refractivity contribution in [3.8, 4) is 0 Å². The Bertz CT molecular complexity index is 516.